The molecule has 1 aromatic rings. The van der Waals surface area contributed by atoms with Crippen LogP contribution < -0.4 is 0 Å². The number of hydrogen-bond donors (Lipinski definition) is 1. The molecule has 1 N–H and O–H groups in total. The van der Waals surface area contributed by atoms with Gasteiger partial charge in [-0.05, 0) is 22.0 Å². The molecule has 0 aromatic heterocycles. The van der Waals surface area contributed by atoms with Crippen LogP contribution in [-0.2, 0) is 10.3 Å². The maximum absolute atomic E-state index is 13.6. The number of benzene rings is 1. The Morgan fingerprint density at radius 2 is 1.71 bits per heavy atom. The van der Waals surface area contributed by atoms with Gasteiger partial charge in [0.15, 0.2) is 17.5 Å². The first-order valence-corrected chi connectivity index (χ1v) is 5.88. The molecule has 1 saturated heterocycles. The van der Waals surface area contributed by atoms with Gasteiger partial charge in [0.2, 0.25) is 0 Å². The summed E-state index contributed by atoms with van der Waals surface area (Å²) in [5, 5.41) is 10.2. The summed E-state index contributed by atoms with van der Waals surface area (Å²) < 4.78 is 44.8. The zero-order valence-corrected chi connectivity index (χ0v) is 10.4. The smallest absolute Gasteiger partial charge is 0.195 e. The highest BCUT2D eigenvalue weighted by molar-refractivity contribution is 9.10. The van der Waals surface area contributed by atoms with E-state index in [1.165, 1.54) is 0 Å². The molecule has 0 radical (unpaired) electrons. The Hall–Kier alpha value is -0.590. The van der Waals surface area contributed by atoms with Gasteiger partial charge < -0.3 is 9.84 Å². The highest BCUT2D eigenvalue weighted by Crippen LogP contribution is 2.36. The monoisotopic (exact) mass is 310 g/mol. The molecule has 94 valence electrons. The zero-order chi connectivity index (χ0) is 12.6. The van der Waals surface area contributed by atoms with Gasteiger partial charge in [-0.1, -0.05) is 0 Å². The van der Waals surface area contributed by atoms with Crippen molar-refractivity contribution in [1.82, 2.24) is 0 Å². The minimum atomic E-state index is -1.57. The van der Waals surface area contributed by atoms with E-state index in [-0.39, 0.29) is 36.1 Å². The van der Waals surface area contributed by atoms with Crippen LogP contribution in [-0.4, -0.2) is 18.3 Å². The molecule has 1 fully saturated rings. The second kappa shape index (κ2) is 4.59. The van der Waals surface area contributed by atoms with Crippen LogP contribution in [0, 0.1) is 17.5 Å². The molecule has 1 aromatic carbocycles. The van der Waals surface area contributed by atoms with E-state index in [1.807, 2.05) is 0 Å². The summed E-state index contributed by atoms with van der Waals surface area (Å²) in [6.45, 7) is 0.513. The lowest BCUT2D eigenvalue weighted by molar-refractivity contribution is -0.0702. The van der Waals surface area contributed by atoms with Crippen molar-refractivity contribution >= 4 is 15.9 Å². The highest BCUT2D eigenvalue weighted by Gasteiger charge is 2.36. The van der Waals surface area contributed by atoms with E-state index in [0.717, 1.165) is 6.07 Å². The van der Waals surface area contributed by atoms with E-state index in [9.17, 15) is 18.3 Å². The van der Waals surface area contributed by atoms with Gasteiger partial charge in [-0.3, -0.25) is 0 Å². The molecule has 2 nitrogen and oxygen atoms in total. The maximum Gasteiger partial charge on any atom is 0.195 e. The predicted octanol–water partition coefficient (Wildman–Crippen LogP) is 2.86. The van der Waals surface area contributed by atoms with Gasteiger partial charge in [-0.25, -0.2) is 13.2 Å². The van der Waals surface area contributed by atoms with Gasteiger partial charge in [0.05, 0.1) is 10.1 Å². The third-order valence-corrected chi connectivity index (χ3v) is 3.50. The van der Waals surface area contributed by atoms with E-state index in [2.05, 4.69) is 15.9 Å². The number of rotatable bonds is 1. The minimum Gasteiger partial charge on any atom is -0.385 e. The lowest BCUT2D eigenvalue weighted by Crippen LogP contribution is -2.34. The largest absolute Gasteiger partial charge is 0.385 e. The minimum absolute atomic E-state index is 0.154. The third kappa shape index (κ3) is 2.21. The molecule has 2 rings (SSSR count). The average molecular weight is 311 g/mol. The van der Waals surface area contributed by atoms with Gasteiger partial charge >= 0.3 is 0 Å². The lowest BCUT2D eigenvalue weighted by Gasteiger charge is -2.32. The number of halogens is 4. The summed E-state index contributed by atoms with van der Waals surface area (Å²) in [6, 6.07) is 1.08. The molecule has 0 atom stereocenters. The van der Waals surface area contributed by atoms with Crippen LogP contribution in [0.3, 0.4) is 0 Å². The molecule has 0 spiro atoms. The fraction of sp³-hybridized carbons (Fsp3) is 0.455. The molecular formula is C11H10BrF3O2. The first-order valence-electron chi connectivity index (χ1n) is 5.09. The van der Waals surface area contributed by atoms with Crippen molar-refractivity contribution in [1.29, 1.82) is 0 Å². The molecule has 1 heterocycles. The van der Waals surface area contributed by atoms with Crippen LogP contribution in [0.25, 0.3) is 0 Å². The molecule has 0 unspecified atom stereocenters. The molecule has 0 aliphatic carbocycles. The number of aliphatic hydroxyl groups is 1. The fourth-order valence-corrected chi connectivity index (χ4v) is 2.29. The SMILES string of the molecule is OC1(c2cc(Br)c(F)c(F)c2F)CCOCC1. The number of ether oxygens (including phenoxy) is 1. The Morgan fingerprint density at radius 3 is 2.29 bits per heavy atom. The normalized spacial score (nSPS) is 19.4. The van der Waals surface area contributed by atoms with E-state index >= 15 is 0 Å². The topological polar surface area (TPSA) is 29.5 Å². The average Bonchev–Trinajstić information content (AvgIpc) is 2.32. The van der Waals surface area contributed by atoms with E-state index in [1.54, 1.807) is 0 Å². The Labute approximate surface area is 105 Å². The van der Waals surface area contributed by atoms with Crippen LogP contribution in [0.2, 0.25) is 0 Å². The maximum atomic E-state index is 13.6. The molecule has 0 amide bonds. The summed E-state index contributed by atoms with van der Waals surface area (Å²) in [4.78, 5) is 0. The van der Waals surface area contributed by atoms with Crippen molar-refractivity contribution in [3.8, 4) is 0 Å². The quantitative estimate of drug-likeness (QED) is 0.638. The molecule has 0 bridgehead atoms. The van der Waals surface area contributed by atoms with Crippen molar-refractivity contribution in [3.05, 3.63) is 33.6 Å². The molecule has 1 aliphatic heterocycles. The molecule has 1 aliphatic rings. The van der Waals surface area contributed by atoms with Crippen LogP contribution in [0.4, 0.5) is 13.2 Å². The Morgan fingerprint density at radius 1 is 1.12 bits per heavy atom. The second-order valence-electron chi connectivity index (χ2n) is 3.99. The standard InChI is InChI=1S/C11H10BrF3O2/c12-7-5-6(8(13)10(15)9(7)14)11(16)1-3-17-4-2-11/h5,16H,1-4H2. The lowest BCUT2D eigenvalue weighted by atomic mass is 9.86. The van der Waals surface area contributed by atoms with Gasteiger partial charge in [0.1, 0.15) is 0 Å². The summed E-state index contributed by atoms with van der Waals surface area (Å²) in [5.41, 5.74) is -1.73. The molecular weight excluding hydrogens is 301 g/mol. The van der Waals surface area contributed by atoms with Crippen LogP contribution >= 0.6 is 15.9 Å². The van der Waals surface area contributed by atoms with Crippen LogP contribution in [0.5, 0.6) is 0 Å². The van der Waals surface area contributed by atoms with E-state index in [0.29, 0.717) is 0 Å². The van der Waals surface area contributed by atoms with Crippen molar-refractivity contribution in [3.63, 3.8) is 0 Å². The zero-order valence-electron chi connectivity index (χ0n) is 8.77. The molecule has 17 heavy (non-hydrogen) atoms. The third-order valence-electron chi connectivity index (χ3n) is 2.92. The van der Waals surface area contributed by atoms with Gasteiger partial charge in [-0.15, -0.1) is 0 Å². The summed E-state index contributed by atoms with van der Waals surface area (Å²) in [7, 11) is 0. The van der Waals surface area contributed by atoms with Crippen molar-refractivity contribution < 1.29 is 23.0 Å². The van der Waals surface area contributed by atoms with Crippen molar-refractivity contribution in [2.75, 3.05) is 13.2 Å². The molecule has 6 heteroatoms. The first kappa shape index (κ1) is 12.9. The van der Waals surface area contributed by atoms with Crippen molar-refractivity contribution in [2.24, 2.45) is 0 Å². The Kier molecular flexibility index (Phi) is 3.47. The number of hydrogen-bond acceptors (Lipinski definition) is 2. The Balaban J connectivity index is 2.51. The predicted molar refractivity (Wildman–Crippen MR) is 58.0 cm³/mol. The van der Waals surface area contributed by atoms with Gasteiger partial charge in [0, 0.05) is 31.6 Å². The van der Waals surface area contributed by atoms with Gasteiger partial charge in [-0.2, -0.15) is 0 Å². The summed E-state index contributed by atoms with van der Waals surface area (Å²) in [6.07, 6.45) is 0.308. The highest BCUT2D eigenvalue weighted by atomic mass is 79.9. The molecule has 0 saturated carbocycles. The second-order valence-corrected chi connectivity index (χ2v) is 4.85. The fourth-order valence-electron chi connectivity index (χ4n) is 1.89. The van der Waals surface area contributed by atoms with E-state index in [4.69, 9.17) is 4.74 Å². The summed E-state index contributed by atoms with van der Waals surface area (Å²) in [5.74, 6) is -4.20. The summed E-state index contributed by atoms with van der Waals surface area (Å²) >= 11 is 2.80. The Bertz CT molecular complexity index is 445. The first-order chi connectivity index (χ1) is 7.96. The van der Waals surface area contributed by atoms with Gasteiger partial charge in [0.25, 0.3) is 0 Å². The van der Waals surface area contributed by atoms with Crippen LogP contribution in [0.15, 0.2) is 10.5 Å². The van der Waals surface area contributed by atoms with Crippen LogP contribution in [0.1, 0.15) is 18.4 Å². The van der Waals surface area contributed by atoms with Crippen molar-refractivity contribution in [2.45, 2.75) is 18.4 Å². The van der Waals surface area contributed by atoms with E-state index < -0.39 is 23.1 Å².